The lowest BCUT2D eigenvalue weighted by atomic mass is 10.1. The Morgan fingerprint density at radius 3 is 2.12 bits per heavy atom. The van der Waals surface area contributed by atoms with Crippen LogP contribution in [-0.2, 0) is 27.3 Å². The van der Waals surface area contributed by atoms with Crippen molar-refractivity contribution in [2.75, 3.05) is 5.88 Å². The number of rotatable bonds is 8. The monoisotopic (exact) mass is 395 g/mol. The minimum absolute atomic E-state index is 0.0518. The SMILES string of the molecule is O=C(N[C@@H](Cc1ccccc1)C(=O)OC(Cl)CCl)OCc1ccccc1. The molecule has 0 aliphatic rings. The third-order valence-electron chi connectivity index (χ3n) is 3.44. The standard InChI is InChI=1S/C19H19Cl2NO4/c20-12-17(21)26-18(23)16(11-14-7-3-1-4-8-14)22-19(24)25-13-15-9-5-2-6-10-15/h1-10,16-17H,11-13H2,(H,22,24)/t16-,17?/m0/s1. The Hall–Kier alpha value is -2.24. The van der Waals surface area contributed by atoms with E-state index in [1.807, 2.05) is 60.7 Å². The molecule has 1 amide bonds. The first-order valence-corrected chi connectivity index (χ1v) is 8.97. The van der Waals surface area contributed by atoms with Crippen LogP contribution in [0.15, 0.2) is 60.7 Å². The number of carbonyl (C=O) groups is 2. The maximum atomic E-state index is 12.3. The number of alkyl halides is 2. The van der Waals surface area contributed by atoms with Crippen molar-refractivity contribution in [1.29, 1.82) is 0 Å². The number of hydrogen-bond donors (Lipinski definition) is 1. The molecule has 0 fully saturated rings. The summed E-state index contributed by atoms with van der Waals surface area (Å²) in [4.78, 5) is 24.4. The zero-order valence-electron chi connectivity index (χ0n) is 13.9. The van der Waals surface area contributed by atoms with Crippen LogP contribution in [0.1, 0.15) is 11.1 Å². The molecule has 2 rings (SSSR count). The minimum atomic E-state index is -0.968. The Kier molecular flexibility index (Phi) is 8.25. The van der Waals surface area contributed by atoms with Gasteiger partial charge in [-0.1, -0.05) is 72.3 Å². The molecule has 1 unspecified atom stereocenters. The number of esters is 1. The van der Waals surface area contributed by atoms with Gasteiger partial charge in [0.15, 0.2) is 5.56 Å². The summed E-state index contributed by atoms with van der Waals surface area (Å²) in [6.45, 7) is 0.0968. The molecule has 2 aromatic rings. The van der Waals surface area contributed by atoms with Gasteiger partial charge in [0.05, 0.1) is 5.88 Å². The molecule has 0 bridgehead atoms. The molecule has 5 nitrogen and oxygen atoms in total. The van der Waals surface area contributed by atoms with Crippen LogP contribution in [0.5, 0.6) is 0 Å². The van der Waals surface area contributed by atoms with Gasteiger partial charge in [0.1, 0.15) is 12.6 Å². The molecule has 26 heavy (non-hydrogen) atoms. The number of ether oxygens (including phenoxy) is 2. The molecular weight excluding hydrogens is 377 g/mol. The number of hydrogen-bond acceptors (Lipinski definition) is 4. The predicted octanol–water partition coefficient (Wildman–Crippen LogP) is 3.87. The topological polar surface area (TPSA) is 64.6 Å². The second-order valence-corrected chi connectivity index (χ2v) is 6.25. The van der Waals surface area contributed by atoms with Crippen LogP contribution < -0.4 is 5.32 Å². The molecule has 0 saturated carbocycles. The maximum Gasteiger partial charge on any atom is 0.408 e. The number of alkyl carbamates (subject to hydrolysis) is 1. The number of halogens is 2. The van der Waals surface area contributed by atoms with E-state index in [9.17, 15) is 9.59 Å². The van der Waals surface area contributed by atoms with E-state index >= 15 is 0 Å². The fourth-order valence-electron chi connectivity index (χ4n) is 2.19. The van der Waals surface area contributed by atoms with Crippen molar-refractivity contribution >= 4 is 35.3 Å². The third kappa shape index (κ3) is 6.94. The van der Waals surface area contributed by atoms with Crippen molar-refractivity contribution in [3.63, 3.8) is 0 Å². The average Bonchev–Trinajstić information content (AvgIpc) is 2.67. The van der Waals surface area contributed by atoms with Crippen LogP contribution in [0.3, 0.4) is 0 Å². The van der Waals surface area contributed by atoms with Crippen LogP contribution in [0.2, 0.25) is 0 Å². The van der Waals surface area contributed by atoms with Crippen LogP contribution in [0, 0.1) is 0 Å². The van der Waals surface area contributed by atoms with E-state index in [4.69, 9.17) is 32.7 Å². The van der Waals surface area contributed by atoms with Crippen LogP contribution in [0.25, 0.3) is 0 Å². The molecule has 0 aliphatic heterocycles. The second-order valence-electron chi connectivity index (χ2n) is 5.45. The Labute approximate surface area is 162 Å². The fraction of sp³-hybridized carbons (Fsp3) is 0.263. The maximum absolute atomic E-state index is 12.3. The van der Waals surface area contributed by atoms with E-state index in [1.165, 1.54) is 0 Å². The molecule has 0 saturated heterocycles. The second kappa shape index (κ2) is 10.7. The van der Waals surface area contributed by atoms with Crippen LogP contribution >= 0.6 is 23.2 Å². The van der Waals surface area contributed by atoms with Gasteiger partial charge in [-0.15, -0.1) is 11.6 Å². The van der Waals surface area contributed by atoms with Gasteiger partial charge in [-0.25, -0.2) is 9.59 Å². The number of carbonyl (C=O) groups excluding carboxylic acids is 2. The highest BCUT2D eigenvalue weighted by atomic mass is 35.5. The van der Waals surface area contributed by atoms with Crippen molar-refractivity contribution in [3.8, 4) is 0 Å². The summed E-state index contributed by atoms with van der Waals surface area (Å²) in [5.41, 5.74) is 0.729. The number of amides is 1. The average molecular weight is 396 g/mol. The van der Waals surface area contributed by atoms with E-state index < -0.39 is 23.7 Å². The summed E-state index contributed by atoms with van der Waals surface area (Å²) in [7, 11) is 0. The third-order valence-corrected chi connectivity index (χ3v) is 4.12. The Bertz CT molecular complexity index is 697. The van der Waals surface area contributed by atoms with Gasteiger partial charge in [0, 0.05) is 6.42 Å². The molecular formula is C19H19Cl2NO4. The fourth-order valence-corrected chi connectivity index (χ4v) is 2.34. The quantitative estimate of drug-likeness (QED) is 0.544. The van der Waals surface area contributed by atoms with E-state index in [1.54, 1.807) is 0 Å². The van der Waals surface area contributed by atoms with Gasteiger partial charge in [0.25, 0.3) is 0 Å². The summed E-state index contributed by atoms with van der Waals surface area (Å²) in [6, 6.07) is 17.5. The summed E-state index contributed by atoms with van der Waals surface area (Å²) in [5.74, 6) is -0.727. The normalized spacial score (nSPS) is 12.7. The van der Waals surface area contributed by atoms with E-state index in [-0.39, 0.29) is 18.9 Å². The minimum Gasteiger partial charge on any atom is -0.445 e. The lowest BCUT2D eigenvalue weighted by Gasteiger charge is -2.19. The summed E-state index contributed by atoms with van der Waals surface area (Å²) >= 11 is 11.3. The zero-order valence-corrected chi connectivity index (χ0v) is 15.5. The van der Waals surface area contributed by atoms with Crippen molar-refractivity contribution in [2.45, 2.75) is 24.6 Å². The Balaban J connectivity index is 1.97. The van der Waals surface area contributed by atoms with Crippen LogP contribution in [0.4, 0.5) is 4.79 Å². The van der Waals surface area contributed by atoms with Crippen molar-refractivity contribution in [3.05, 3.63) is 71.8 Å². The highest BCUT2D eigenvalue weighted by Gasteiger charge is 2.25. The molecule has 2 aromatic carbocycles. The van der Waals surface area contributed by atoms with Gasteiger partial charge in [0.2, 0.25) is 0 Å². The molecule has 0 aliphatic carbocycles. The van der Waals surface area contributed by atoms with Gasteiger partial charge in [-0.2, -0.15) is 0 Å². The molecule has 0 spiro atoms. The smallest absolute Gasteiger partial charge is 0.408 e. The first-order chi connectivity index (χ1) is 12.6. The first kappa shape index (κ1) is 20.1. The molecule has 7 heteroatoms. The number of benzene rings is 2. The molecule has 2 atom stereocenters. The van der Waals surface area contributed by atoms with Gasteiger partial charge >= 0.3 is 12.1 Å². The summed E-state index contributed by atoms with van der Waals surface area (Å²) < 4.78 is 10.2. The Morgan fingerprint density at radius 2 is 1.54 bits per heavy atom. The van der Waals surface area contributed by atoms with E-state index in [2.05, 4.69) is 5.32 Å². The molecule has 138 valence electrons. The zero-order chi connectivity index (χ0) is 18.8. The van der Waals surface area contributed by atoms with Gasteiger partial charge in [-0.05, 0) is 11.1 Å². The molecule has 0 heterocycles. The molecule has 0 aromatic heterocycles. The first-order valence-electron chi connectivity index (χ1n) is 8.00. The van der Waals surface area contributed by atoms with Crippen molar-refractivity contribution in [1.82, 2.24) is 5.32 Å². The van der Waals surface area contributed by atoms with Gasteiger partial charge < -0.3 is 14.8 Å². The largest absolute Gasteiger partial charge is 0.445 e. The van der Waals surface area contributed by atoms with Crippen molar-refractivity contribution < 1.29 is 19.1 Å². The van der Waals surface area contributed by atoms with Gasteiger partial charge in [-0.3, -0.25) is 0 Å². The summed E-state index contributed by atoms with van der Waals surface area (Å²) in [6.07, 6.45) is -0.477. The summed E-state index contributed by atoms with van der Waals surface area (Å²) in [5, 5.41) is 2.53. The van der Waals surface area contributed by atoms with Crippen molar-refractivity contribution in [2.24, 2.45) is 0 Å². The van der Waals surface area contributed by atoms with E-state index in [0.29, 0.717) is 0 Å². The van der Waals surface area contributed by atoms with Crippen LogP contribution in [-0.4, -0.2) is 29.5 Å². The lowest BCUT2D eigenvalue weighted by Crippen LogP contribution is -2.44. The molecule has 0 radical (unpaired) electrons. The lowest BCUT2D eigenvalue weighted by molar-refractivity contribution is -0.147. The number of nitrogens with one attached hydrogen (secondary N) is 1. The predicted molar refractivity (Wildman–Crippen MR) is 100 cm³/mol. The molecule has 1 N–H and O–H groups in total. The highest BCUT2D eigenvalue weighted by Crippen LogP contribution is 2.09. The van der Waals surface area contributed by atoms with E-state index in [0.717, 1.165) is 11.1 Å². The highest BCUT2D eigenvalue weighted by molar-refractivity contribution is 6.27. The Morgan fingerprint density at radius 1 is 0.962 bits per heavy atom.